The number of halogens is 2. The fraction of sp³-hybridized carbons (Fsp3) is 0.364. The predicted molar refractivity (Wildman–Crippen MR) is 68.2 cm³/mol. The van der Waals surface area contributed by atoms with Crippen molar-refractivity contribution in [3.05, 3.63) is 37.9 Å². The fourth-order valence-corrected chi connectivity index (χ4v) is 2.06. The molecule has 18 heavy (non-hydrogen) atoms. The maximum absolute atomic E-state index is 12.1. The van der Waals surface area contributed by atoms with Crippen LogP contribution in [0.4, 0.5) is 5.69 Å². The minimum atomic E-state index is -0.601. The number of hydrogen-bond acceptors (Lipinski definition) is 3. The van der Waals surface area contributed by atoms with E-state index in [2.05, 4.69) is 0 Å². The summed E-state index contributed by atoms with van der Waals surface area (Å²) in [5, 5.41) is 10.8. The van der Waals surface area contributed by atoms with E-state index >= 15 is 0 Å². The summed E-state index contributed by atoms with van der Waals surface area (Å²) in [5.74, 6) is -0.340. The largest absolute Gasteiger partial charge is 0.339 e. The Kier molecular flexibility index (Phi) is 3.45. The third-order valence-corrected chi connectivity index (χ3v) is 3.67. The molecule has 0 radical (unpaired) electrons. The second-order valence-corrected chi connectivity index (χ2v) is 4.98. The minimum Gasteiger partial charge on any atom is -0.339 e. The Morgan fingerprint density at radius 3 is 2.56 bits per heavy atom. The van der Waals surface area contributed by atoms with Gasteiger partial charge < -0.3 is 4.90 Å². The van der Waals surface area contributed by atoms with Crippen molar-refractivity contribution in [2.45, 2.75) is 18.9 Å². The van der Waals surface area contributed by atoms with Gasteiger partial charge in [0.1, 0.15) is 0 Å². The highest BCUT2D eigenvalue weighted by atomic mass is 35.5. The lowest BCUT2D eigenvalue weighted by Crippen LogP contribution is -2.29. The number of carbonyl (C=O) groups is 1. The molecule has 7 heteroatoms. The Morgan fingerprint density at radius 2 is 2.06 bits per heavy atom. The minimum absolute atomic E-state index is 0.0124. The smallest absolute Gasteiger partial charge is 0.271 e. The van der Waals surface area contributed by atoms with Crippen LogP contribution in [0.2, 0.25) is 10.0 Å². The topological polar surface area (TPSA) is 63.5 Å². The Hall–Kier alpha value is -1.33. The molecule has 1 amide bonds. The van der Waals surface area contributed by atoms with Crippen molar-refractivity contribution < 1.29 is 9.72 Å². The monoisotopic (exact) mass is 288 g/mol. The molecule has 0 spiro atoms. The van der Waals surface area contributed by atoms with Gasteiger partial charge in [-0.2, -0.15) is 0 Å². The molecule has 1 saturated carbocycles. The highest BCUT2D eigenvalue weighted by Crippen LogP contribution is 2.33. The van der Waals surface area contributed by atoms with E-state index < -0.39 is 4.92 Å². The van der Waals surface area contributed by atoms with E-state index in [1.54, 1.807) is 11.9 Å². The molecule has 0 aromatic heterocycles. The molecular formula is C11H10Cl2N2O3. The quantitative estimate of drug-likeness (QED) is 0.634. The molecule has 96 valence electrons. The molecule has 1 aromatic carbocycles. The van der Waals surface area contributed by atoms with E-state index in [-0.39, 0.29) is 33.2 Å². The highest BCUT2D eigenvalue weighted by molar-refractivity contribution is 6.44. The summed E-state index contributed by atoms with van der Waals surface area (Å²) in [4.78, 5) is 23.8. The third kappa shape index (κ3) is 2.42. The highest BCUT2D eigenvalue weighted by Gasteiger charge is 2.32. The molecule has 0 unspecified atom stereocenters. The third-order valence-electron chi connectivity index (χ3n) is 2.87. The van der Waals surface area contributed by atoms with Crippen molar-refractivity contribution >= 4 is 34.8 Å². The fourth-order valence-electron chi connectivity index (χ4n) is 1.65. The molecule has 0 N–H and O–H groups in total. The van der Waals surface area contributed by atoms with Crippen molar-refractivity contribution in [1.29, 1.82) is 0 Å². The average molecular weight is 289 g/mol. The van der Waals surface area contributed by atoms with Crippen LogP contribution in [0.1, 0.15) is 23.2 Å². The van der Waals surface area contributed by atoms with Crippen LogP contribution in [0, 0.1) is 10.1 Å². The summed E-state index contributed by atoms with van der Waals surface area (Å²) in [6, 6.07) is 2.50. The molecule has 1 aliphatic carbocycles. The summed E-state index contributed by atoms with van der Waals surface area (Å²) in [6.45, 7) is 0. The lowest BCUT2D eigenvalue weighted by Gasteiger charge is -2.17. The number of hydrogen-bond donors (Lipinski definition) is 0. The SMILES string of the molecule is CN(C(=O)c1cc([N+](=O)[O-])cc(Cl)c1Cl)C1CC1. The molecule has 0 heterocycles. The van der Waals surface area contributed by atoms with Gasteiger partial charge in [0, 0.05) is 25.2 Å². The summed E-state index contributed by atoms with van der Waals surface area (Å²) >= 11 is 11.7. The van der Waals surface area contributed by atoms with E-state index in [0.29, 0.717) is 0 Å². The average Bonchev–Trinajstić information content (AvgIpc) is 3.14. The normalized spacial score (nSPS) is 14.4. The maximum Gasteiger partial charge on any atom is 0.271 e. The molecule has 0 atom stereocenters. The number of nitro benzene ring substituents is 1. The maximum atomic E-state index is 12.1. The lowest BCUT2D eigenvalue weighted by molar-refractivity contribution is -0.384. The zero-order chi connectivity index (χ0) is 13.4. The zero-order valence-electron chi connectivity index (χ0n) is 9.52. The van der Waals surface area contributed by atoms with Crippen LogP contribution in [0.3, 0.4) is 0 Å². The molecular weight excluding hydrogens is 279 g/mol. The van der Waals surface area contributed by atoms with Gasteiger partial charge in [0.05, 0.1) is 20.5 Å². The van der Waals surface area contributed by atoms with E-state index in [9.17, 15) is 14.9 Å². The van der Waals surface area contributed by atoms with Gasteiger partial charge in [-0.3, -0.25) is 14.9 Å². The van der Waals surface area contributed by atoms with Gasteiger partial charge in [-0.15, -0.1) is 0 Å². The van der Waals surface area contributed by atoms with Crippen molar-refractivity contribution in [2.24, 2.45) is 0 Å². The van der Waals surface area contributed by atoms with Crippen molar-refractivity contribution in [2.75, 3.05) is 7.05 Å². The molecule has 2 rings (SSSR count). The van der Waals surface area contributed by atoms with Crippen LogP contribution in [0.25, 0.3) is 0 Å². The van der Waals surface area contributed by atoms with Gasteiger partial charge in [0.2, 0.25) is 0 Å². The van der Waals surface area contributed by atoms with E-state index in [0.717, 1.165) is 25.0 Å². The molecule has 0 saturated heterocycles. The summed E-state index contributed by atoms with van der Waals surface area (Å²) < 4.78 is 0. The molecule has 0 bridgehead atoms. The van der Waals surface area contributed by atoms with Crippen LogP contribution < -0.4 is 0 Å². The van der Waals surface area contributed by atoms with E-state index in [1.807, 2.05) is 0 Å². The number of rotatable bonds is 3. The van der Waals surface area contributed by atoms with E-state index in [1.165, 1.54) is 0 Å². The second kappa shape index (κ2) is 4.74. The number of non-ortho nitro benzene ring substituents is 1. The van der Waals surface area contributed by atoms with Crippen molar-refractivity contribution in [3.8, 4) is 0 Å². The van der Waals surface area contributed by atoms with Gasteiger partial charge in [-0.1, -0.05) is 23.2 Å². The van der Waals surface area contributed by atoms with Crippen LogP contribution >= 0.6 is 23.2 Å². The molecule has 5 nitrogen and oxygen atoms in total. The van der Waals surface area contributed by atoms with E-state index in [4.69, 9.17) is 23.2 Å². The second-order valence-electron chi connectivity index (χ2n) is 4.19. The molecule has 1 aliphatic rings. The predicted octanol–water partition coefficient (Wildman–Crippen LogP) is 3.14. The first-order valence-electron chi connectivity index (χ1n) is 5.32. The van der Waals surface area contributed by atoms with Gasteiger partial charge in [0.25, 0.3) is 11.6 Å². The zero-order valence-corrected chi connectivity index (χ0v) is 11.0. The van der Waals surface area contributed by atoms with Crippen LogP contribution in [-0.2, 0) is 0 Å². The van der Waals surface area contributed by atoms with Crippen LogP contribution in [0.15, 0.2) is 12.1 Å². The summed E-state index contributed by atoms with van der Waals surface area (Å²) in [6.07, 6.45) is 1.89. The van der Waals surface area contributed by atoms with Gasteiger partial charge in [0.15, 0.2) is 0 Å². The standard InChI is InChI=1S/C11H10Cl2N2O3/c1-14(6-2-3-6)11(16)8-4-7(15(17)18)5-9(12)10(8)13/h4-6H,2-3H2,1H3. The Bertz CT molecular complexity index is 529. The number of nitro groups is 1. The van der Waals surface area contributed by atoms with Gasteiger partial charge in [-0.25, -0.2) is 0 Å². The lowest BCUT2D eigenvalue weighted by atomic mass is 10.1. The number of amides is 1. The number of carbonyl (C=O) groups excluding carboxylic acids is 1. The Balaban J connectivity index is 2.42. The van der Waals surface area contributed by atoms with Gasteiger partial charge in [-0.05, 0) is 12.8 Å². The molecule has 1 aromatic rings. The first-order chi connectivity index (χ1) is 8.41. The molecule has 1 fully saturated rings. The number of nitrogens with zero attached hydrogens (tertiary/aromatic N) is 2. The first-order valence-corrected chi connectivity index (χ1v) is 6.08. The van der Waals surface area contributed by atoms with Crippen molar-refractivity contribution in [3.63, 3.8) is 0 Å². The summed E-state index contributed by atoms with van der Waals surface area (Å²) in [7, 11) is 1.66. The Labute approximate surface area is 113 Å². The van der Waals surface area contributed by atoms with Crippen LogP contribution in [0.5, 0.6) is 0 Å². The van der Waals surface area contributed by atoms with Crippen LogP contribution in [-0.4, -0.2) is 28.8 Å². The number of benzene rings is 1. The summed E-state index contributed by atoms with van der Waals surface area (Å²) in [5.41, 5.74) is -0.165. The Morgan fingerprint density at radius 1 is 1.44 bits per heavy atom. The van der Waals surface area contributed by atoms with Gasteiger partial charge >= 0.3 is 0 Å². The molecule has 0 aliphatic heterocycles. The first kappa shape index (κ1) is 13.1. The van der Waals surface area contributed by atoms with Crippen molar-refractivity contribution in [1.82, 2.24) is 4.90 Å².